The zero-order chi connectivity index (χ0) is 15.8. The van der Waals surface area contributed by atoms with Crippen LogP contribution in [-0.4, -0.2) is 26.3 Å². The maximum Gasteiger partial charge on any atom is 0.315 e. The summed E-state index contributed by atoms with van der Waals surface area (Å²) in [6.45, 7) is 6.06. The van der Waals surface area contributed by atoms with Crippen LogP contribution in [-0.2, 0) is 0 Å². The first-order chi connectivity index (χ1) is 10.0. The lowest BCUT2D eigenvalue weighted by atomic mass is 10.1. The number of carbonyl (C=O) groups is 1. The Balaban J connectivity index is 2.71. The summed E-state index contributed by atoms with van der Waals surface area (Å²) in [5.41, 5.74) is 0.965. The summed E-state index contributed by atoms with van der Waals surface area (Å²) < 4.78 is 10.5. The number of methoxy groups -OCH3 is 2. The molecule has 0 aliphatic carbocycles. The molecule has 0 aliphatic rings. The van der Waals surface area contributed by atoms with Crippen molar-refractivity contribution in [3.63, 3.8) is 0 Å². The molecule has 21 heavy (non-hydrogen) atoms. The largest absolute Gasteiger partial charge is 0.493 e. The fourth-order valence-electron chi connectivity index (χ4n) is 2.12. The molecular formula is C16H26N2O3. The molecule has 0 saturated heterocycles. The van der Waals surface area contributed by atoms with E-state index in [1.807, 2.05) is 25.1 Å². The zero-order valence-corrected chi connectivity index (χ0v) is 13.5. The van der Waals surface area contributed by atoms with Crippen molar-refractivity contribution in [3.05, 3.63) is 23.8 Å². The second kappa shape index (κ2) is 8.39. The summed E-state index contributed by atoms with van der Waals surface area (Å²) in [6.07, 6.45) is 1.85. The van der Waals surface area contributed by atoms with E-state index in [2.05, 4.69) is 24.5 Å². The molecule has 0 radical (unpaired) electrons. The van der Waals surface area contributed by atoms with Gasteiger partial charge in [-0.2, -0.15) is 0 Å². The van der Waals surface area contributed by atoms with Crippen molar-refractivity contribution in [1.29, 1.82) is 0 Å². The summed E-state index contributed by atoms with van der Waals surface area (Å²) in [4.78, 5) is 12.0. The highest BCUT2D eigenvalue weighted by atomic mass is 16.5. The minimum atomic E-state index is -0.147. The maximum absolute atomic E-state index is 12.0. The lowest BCUT2D eigenvalue weighted by Gasteiger charge is -2.20. The van der Waals surface area contributed by atoms with E-state index in [0.29, 0.717) is 11.5 Å². The molecule has 2 amide bonds. The number of amides is 2. The third-order valence-corrected chi connectivity index (χ3v) is 3.58. The van der Waals surface area contributed by atoms with Gasteiger partial charge in [0.05, 0.1) is 20.3 Å². The molecule has 0 fully saturated rings. The number of benzene rings is 1. The van der Waals surface area contributed by atoms with Crippen molar-refractivity contribution in [2.45, 2.75) is 45.7 Å². The average molecular weight is 294 g/mol. The molecule has 0 heterocycles. The summed E-state index contributed by atoms with van der Waals surface area (Å²) in [7, 11) is 3.20. The second-order valence-corrected chi connectivity index (χ2v) is 4.97. The zero-order valence-electron chi connectivity index (χ0n) is 13.5. The van der Waals surface area contributed by atoms with Gasteiger partial charge in [0.15, 0.2) is 11.5 Å². The molecule has 0 spiro atoms. The predicted molar refractivity (Wildman–Crippen MR) is 84.0 cm³/mol. The van der Waals surface area contributed by atoms with E-state index in [9.17, 15) is 4.79 Å². The van der Waals surface area contributed by atoms with Crippen LogP contribution in [0.5, 0.6) is 11.5 Å². The molecule has 2 N–H and O–H groups in total. The van der Waals surface area contributed by atoms with Crippen molar-refractivity contribution in [1.82, 2.24) is 10.6 Å². The average Bonchev–Trinajstić information content (AvgIpc) is 2.51. The molecule has 1 atom stereocenters. The number of ether oxygens (including phenoxy) is 2. The van der Waals surface area contributed by atoms with Gasteiger partial charge in [-0.1, -0.05) is 19.9 Å². The van der Waals surface area contributed by atoms with Gasteiger partial charge in [0.2, 0.25) is 0 Å². The van der Waals surface area contributed by atoms with E-state index in [1.54, 1.807) is 14.2 Å². The van der Waals surface area contributed by atoms with Gasteiger partial charge in [-0.3, -0.25) is 0 Å². The van der Waals surface area contributed by atoms with Gasteiger partial charge in [-0.15, -0.1) is 0 Å². The molecule has 0 aromatic heterocycles. The highest BCUT2D eigenvalue weighted by molar-refractivity contribution is 5.74. The monoisotopic (exact) mass is 294 g/mol. The van der Waals surface area contributed by atoms with Crippen LogP contribution in [0.1, 0.15) is 45.2 Å². The van der Waals surface area contributed by atoms with Crippen molar-refractivity contribution in [3.8, 4) is 11.5 Å². The first-order valence-corrected chi connectivity index (χ1v) is 7.34. The number of rotatable bonds is 7. The first kappa shape index (κ1) is 17.1. The van der Waals surface area contributed by atoms with Gasteiger partial charge in [-0.25, -0.2) is 4.79 Å². The minimum absolute atomic E-state index is 0.112. The molecule has 1 rings (SSSR count). The normalized spacial score (nSPS) is 11.9. The summed E-state index contributed by atoms with van der Waals surface area (Å²) in [6, 6.07) is 5.59. The minimum Gasteiger partial charge on any atom is -0.493 e. The topological polar surface area (TPSA) is 59.6 Å². The molecule has 0 saturated carbocycles. The summed E-state index contributed by atoms with van der Waals surface area (Å²) >= 11 is 0. The molecule has 5 heteroatoms. The summed E-state index contributed by atoms with van der Waals surface area (Å²) in [5.74, 6) is 1.33. The molecule has 0 aliphatic heterocycles. The van der Waals surface area contributed by atoms with E-state index in [4.69, 9.17) is 9.47 Å². The van der Waals surface area contributed by atoms with Crippen LogP contribution < -0.4 is 20.1 Å². The van der Waals surface area contributed by atoms with Crippen molar-refractivity contribution in [2.24, 2.45) is 0 Å². The van der Waals surface area contributed by atoms with E-state index in [0.717, 1.165) is 18.4 Å². The SMILES string of the molecule is CCC(CC)NC(=O)NC(C)c1ccc(OC)c(OC)c1. The molecular weight excluding hydrogens is 268 g/mol. The van der Waals surface area contributed by atoms with E-state index < -0.39 is 0 Å². The smallest absolute Gasteiger partial charge is 0.315 e. The Bertz CT molecular complexity index is 459. The maximum atomic E-state index is 12.0. The first-order valence-electron chi connectivity index (χ1n) is 7.34. The second-order valence-electron chi connectivity index (χ2n) is 4.97. The van der Waals surface area contributed by atoms with Gasteiger partial charge in [0.1, 0.15) is 0 Å². The van der Waals surface area contributed by atoms with Gasteiger partial charge >= 0.3 is 6.03 Å². The van der Waals surface area contributed by atoms with Crippen LogP contribution in [0, 0.1) is 0 Å². The standard InChI is InChI=1S/C16H26N2O3/c1-6-13(7-2)18-16(19)17-11(3)12-8-9-14(20-4)15(10-12)21-5/h8-11,13H,6-7H2,1-5H3,(H2,17,18,19). The Morgan fingerprint density at radius 2 is 1.71 bits per heavy atom. The van der Waals surface area contributed by atoms with Crippen LogP contribution in [0.25, 0.3) is 0 Å². The highest BCUT2D eigenvalue weighted by Gasteiger charge is 2.14. The van der Waals surface area contributed by atoms with Gasteiger partial charge < -0.3 is 20.1 Å². The van der Waals surface area contributed by atoms with Crippen molar-refractivity contribution in [2.75, 3.05) is 14.2 Å². The van der Waals surface area contributed by atoms with Gasteiger partial charge in [0, 0.05) is 6.04 Å². The predicted octanol–water partition coefficient (Wildman–Crippen LogP) is 3.25. The lowest BCUT2D eigenvalue weighted by Crippen LogP contribution is -2.42. The fourth-order valence-corrected chi connectivity index (χ4v) is 2.12. The van der Waals surface area contributed by atoms with E-state index >= 15 is 0 Å². The molecule has 1 aromatic rings. The lowest BCUT2D eigenvalue weighted by molar-refractivity contribution is 0.233. The number of hydrogen-bond donors (Lipinski definition) is 2. The van der Waals surface area contributed by atoms with E-state index in [-0.39, 0.29) is 18.1 Å². The Kier molecular flexibility index (Phi) is 6.85. The Labute approximate surface area is 127 Å². The van der Waals surface area contributed by atoms with Crippen LogP contribution in [0.15, 0.2) is 18.2 Å². The van der Waals surface area contributed by atoms with Gasteiger partial charge in [0.25, 0.3) is 0 Å². The van der Waals surface area contributed by atoms with Crippen LogP contribution in [0.3, 0.4) is 0 Å². The molecule has 5 nitrogen and oxygen atoms in total. The third kappa shape index (κ3) is 4.85. The van der Waals surface area contributed by atoms with Crippen molar-refractivity contribution < 1.29 is 14.3 Å². The third-order valence-electron chi connectivity index (χ3n) is 3.58. The Morgan fingerprint density at radius 3 is 2.24 bits per heavy atom. The van der Waals surface area contributed by atoms with E-state index in [1.165, 1.54) is 0 Å². The highest BCUT2D eigenvalue weighted by Crippen LogP contribution is 2.29. The van der Waals surface area contributed by atoms with Crippen LogP contribution >= 0.6 is 0 Å². The van der Waals surface area contributed by atoms with Gasteiger partial charge in [-0.05, 0) is 37.5 Å². The number of nitrogens with one attached hydrogen (secondary N) is 2. The number of urea groups is 1. The number of carbonyl (C=O) groups excluding carboxylic acids is 1. The molecule has 0 bridgehead atoms. The molecule has 118 valence electrons. The van der Waals surface area contributed by atoms with Crippen LogP contribution in [0.4, 0.5) is 4.79 Å². The molecule has 1 unspecified atom stereocenters. The van der Waals surface area contributed by atoms with Crippen molar-refractivity contribution >= 4 is 6.03 Å². The summed E-state index contributed by atoms with van der Waals surface area (Å²) in [5, 5.41) is 5.90. The number of hydrogen-bond acceptors (Lipinski definition) is 3. The van der Waals surface area contributed by atoms with Crippen LogP contribution in [0.2, 0.25) is 0 Å². The fraction of sp³-hybridized carbons (Fsp3) is 0.562. The molecule has 1 aromatic carbocycles. The Hall–Kier alpha value is -1.91. The Morgan fingerprint density at radius 1 is 1.10 bits per heavy atom. The quantitative estimate of drug-likeness (QED) is 0.811.